The van der Waals surface area contributed by atoms with Crippen molar-refractivity contribution >= 4 is 22.0 Å². The zero-order valence-electron chi connectivity index (χ0n) is 26.0. The van der Waals surface area contributed by atoms with Crippen LogP contribution in [0.2, 0.25) is 0 Å². The number of hydrogen-bond donors (Lipinski definition) is 0. The maximum absolute atomic E-state index is 6.26. The Balaban J connectivity index is 1.00. The first-order chi connectivity index (χ1) is 22.8. The second-order valence-electron chi connectivity index (χ2n) is 13.0. The lowest BCUT2D eigenvalue weighted by Crippen LogP contribution is -2.22. The summed E-state index contributed by atoms with van der Waals surface area (Å²) in [4.78, 5) is 2.43. The monoisotopic (exact) mass is 595 g/mol. The molecule has 0 spiro atoms. The van der Waals surface area contributed by atoms with Gasteiger partial charge in [0, 0.05) is 34.5 Å². The van der Waals surface area contributed by atoms with Crippen LogP contribution in [0.3, 0.4) is 0 Å². The van der Waals surface area contributed by atoms with Gasteiger partial charge >= 0.3 is 0 Å². The molecule has 0 saturated carbocycles. The molecule has 0 amide bonds. The van der Waals surface area contributed by atoms with Gasteiger partial charge in [-0.05, 0) is 113 Å². The Morgan fingerprint density at radius 1 is 0.696 bits per heavy atom. The van der Waals surface area contributed by atoms with Gasteiger partial charge in [0.15, 0.2) is 0 Å². The van der Waals surface area contributed by atoms with E-state index in [2.05, 4.69) is 151 Å². The van der Waals surface area contributed by atoms with E-state index in [9.17, 15) is 0 Å². The van der Waals surface area contributed by atoms with Gasteiger partial charge in [0.2, 0.25) is 0 Å². The van der Waals surface area contributed by atoms with Crippen molar-refractivity contribution in [1.82, 2.24) is 0 Å². The summed E-state index contributed by atoms with van der Waals surface area (Å²) in [6.07, 6.45) is 30.9. The first-order valence-electron chi connectivity index (χ1n) is 16.8. The molecule has 0 radical (unpaired) electrons. The van der Waals surface area contributed by atoms with Gasteiger partial charge in [-0.25, -0.2) is 0 Å². The molecule has 0 bridgehead atoms. The van der Waals surface area contributed by atoms with E-state index in [-0.39, 0.29) is 12.0 Å². The minimum atomic E-state index is 0.107. The predicted octanol–water partition coefficient (Wildman–Crippen LogP) is 11.0. The van der Waals surface area contributed by atoms with Gasteiger partial charge in [-0.2, -0.15) is 0 Å². The summed E-state index contributed by atoms with van der Waals surface area (Å²) < 4.78 is 6.26. The van der Waals surface area contributed by atoms with Crippen molar-refractivity contribution in [2.75, 3.05) is 4.90 Å². The molecule has 0 fully saturated rings. The molecule has 0 saturated heterocycles. The fourth-order valence-corrected chi connectivity index (χ4v) is 7.95. The molecule has 4 aromatic rings. The number of anilines is 1. The van der Waals surface area contributed by atoms with E-state index in [4.69, 9.17) is 4.74 Å². The van der Waals surface area contributed by atoms with E-state index in [0.29, 0.717) is 5.92 Å². The molecule has 2 heteroatoms. The third kappa shape index (κ3) is 4.72. The van der Waals surface area contributed by atoms with Gasteiger partial charge < -0.3 is 9.64 Å². The lowest BCUT2D eigenvalue weighted by molar-refractivity contribution is 0.269. The smallest absolute Gasteiger partial charge is 0.128 e. The fourth-order valence-electron chi connectivity index (χ4n) is 7.95. The number of benzene rings is 4. The summed E-state index contributed by atoms with van der Waals surface area (Å²) >= 11 is 0. The Bertz CT molecular complexity index is 2060. The van der Waals surface area contributed by atoms with Crippen LogP contribution in [-0.4, -0.2) is 6.10 Å². The van der Waals surface area contributed by atoms with Gasteiger partial charge in [0.1, 0.15) is 11.9 Å². The van der Waals surface area contributed by atoms with Gasteiger partial charge in [0.25, 0.3) is 0 Å². The van der Waals surface area contributed by atoms with E-state index >= 15 is 0 Å². The molecule has 0 aromatic heterocycles. The van der Waals surface area contributed by atoms with E-state index in [0.717, 1.165) is 37.9 Å². The SMILES string of the molecule is C1=CC2Oc3ccc4cc(-c5ccc(N(C6=CCCC=C6)C6=CCC(C7=CCCc8ccccc87)C=C6)cc5)ccc4c3C2C=C1. The molecule has 2 nitrogen and oxygen atoms in total. The normalized spacial score (nSPS) is 22.3. The van der Waals surface area contributed by atoms with Crippen molar-refractivity contribution < 1.29 is 4.74 Å². The lowest BCUT2D eigenvalue weighted by atomic mass is 9.81. The van der Waals surface area contributed by atoms with E-state index in [1.807, 2.05) is 0 Å². The topological polar surface area (TPSA) is 12.5 Å². The summed E-state index contributed by atoms with van der Waals surface area (Å²) in [5.74, 6) is 1.72. The molecule has 0 N–H and O–H groups in total. The summed E-state index contributed by atoms with van der Waals surface area (Å²) in [6, 6.07) is 29.3. The molecular weight excluding hydrogens is 558 g/mol. The number of allylic oxidation sites excluding steroid dienone is 10. The molecule has 224 valence electrons. The second-order valence-corrected chi connectivity index (χ2v) is 13.0. The lowest BCUT2D eigenvalue weighted by Gasteiger charge is -2.32. The van der Waals surface area contributed by atoms with Crippen LogP contribution in [-0.2, 0) is 6.42 Å². The van der Waals surface area contributed by atoms with Crippen molar-refractivity contribution in [2.45, 2.75) is 44.1 Å². The first-order valence-corrected chi connectivity index (χ1v) is 16.8. The average molecular weight is 596 g/mol. The number of aryl methyl sites for hydroxylation is 1. The molecule has 3 atom stereocenters. The summed E-state index contributed by atoms with van der Waals surface area (Å²) in [5.41, 5.74) is 11.9. The third-order valence-corrected chi connectivity index (χ3v) is 10.2. The Morgan fingerprint density at radius 2 is 1.57 bits per heavy atom. The Labute approximate surface area is 271 Å². The molecule has 4 aromatic carbocycles. The van der Waals surface area contributed by atoms with Gasteiger partial charge in [-0.1, -0.05) is 103 Å². The summed E-state index contributed by atoms with van der Waals surface area (Å²) in [6.45, 7) is 0. The van der Waals surface area contributed by atoms with Crippen LogP contribution in [0.25, 0.3) is 27.5 Å². The highest BCUT2D eigenvalue weighted by atomic mass is 16.5. The number of hydrogen-bond acceptors (Lipinski definition) is 2. The number of ether oxygens (including phenoxy) is 1. The zero-order chi connectivity index (χ0) is 30.5. The van der Waals surface area contributed by atoms with Gasteiger partial charge in [0.05, 0.1) is 0 Å². The van der Waals surface area contributed by atoms with Crippen LogP contribution >= 0.6 is 0 Å². The van der Waals surface area contributed by atoms with E-state index < -0.39 is 0 Å². The number of fused-ring (bicyclic) bond motifs is 6. The minimum absolute atomic E-state index is 0.107. The largest absolute Gasteiger partial charge is 0.485 e. The quantitative estimate of drug-likeness (QED) is 0.228. The highest BCUT2D eigenvalue weighted by Crippen LogP contribution is 2.46. The molecule has 4 aliphatic carbocycles. The first kappa shape index (κ1) is 27.2. The Morgan fingerprint density at radius 3 is 2.43 bits per heavy atom. The van der Waals surface area contributed by atoms with Crippen molar-refractivity contribution in [3.8, 4) is 16.9 Å². The van der Waals surface area contributed by atoms with Crippen LogP contribution in [0.1, 0.15) is 48.3 Å². The Kier molecular flexibility index (Phi) is 6.74. The van der Waals surface area contributed by atoms with Gasteiger partial charge in [-0.15, -0.1) is 0 Å². The summed E-state index contributed by atoms with van der Waals surface area (Å²) in [5, 5.41) is 2.55. The molecule has 1 aliphatic heterocycles. The van der Waals surface area contributed by atoms with Crippen molar-refractivity contribution in [3.63, 3.8) is 0 Å². The van der Waals surface area contributed by atoms with Crippen molar-refractivity contribution in [2.24, 2.45) is 5.92 Å². The van der Waals surface area contributed by atoms with Crippen LogP contribution in [0.5, 0.6) is 5.75 Å². The maximum Gasteiger partial charge on any atom is 0.128 e. The van der Waals surface area contributed by atoms with Gasteiger partial charge in [-0.3, -0.25) is 0 Å². The van der Waals surface area contributed by atoms with E-state index in [1.54, 1.807) is 0 Å². The Hall–Kier alpha value is -5.08. The zero-order valence-corrected chi connectivity index (χ0v) is 26.0. The third-order valence-electron chi connectivity index (χ3n) is 10.2. The minimum Gasteiger partial charge on any atom is -0.485 e. The second kappa shape index (κ2) is 11.4. The maximum atomic E-state index is 6.26. The van der Waals surface area contributed by atoms with Crippen LogP contribution in [0.4, 0.5) is 5.69 Å². The molecule has 9 rings (SSSR count). The van der Waals surface area contributed by atoms with Crippen LogP contribution in [0.15, 0.2) is 157 Å². The van der Waals surface area contributed by atoms with Crippen LogP contribution in [0, 0.1) is 5.92 Å². The molecule has 3 unspecified atom stereocenters. The predicted molar refractivity (Wildman–Crippen MR) is 192 cm³/mol. The number of rotatable bonds is 5. The number of nitrogens with zero attached hydrogens (tertiary/aromatic N) is 1. The fraction of sp³-hybridized carbons (Fsp3) is 0.182. The average Bonchev–Trinajstić information content (AvgIpc) is 3.52. The highest BCUT2D eigenvalue weighted by Gasteiger charge is 2.33. The molecule has 1 heterocycles. The molecular formula is C44H37NO. The summed E-state index contributed by atoms with van der Waals surface area (Å²) in [7, 11) is 0. The highest BCUT2D eigenvalue weighted by molar-refractivity contribution is 5.93. The molecule has 46 heavy (non-hydrogen) atoms. The van der Waals surface area contributed by atoms with Crippen molar-refractivity contribution in [1.29, 1.82) is 0 Å². The molecule has 5 aliphatic rings. The standard InChI is InChI=1S/C44H37NO/c1-2-11-35(12-3-1)45(37-25-19-32(20-26-37)39-15-8-10-31-9-4-5-13-38(31)39)36-23-17-30(18-24-36)33-21-27-40-34(29-33)22-28-43-44(40)41-14-6-7-16-42(41)46-43/h2,4-7,9,11-19,21-29,32,41-42H,1,3,8,10,20H2. The van der Waals surface area contributed by atoms with E-state index in [1.165, 1.54) is 61.2 Å². The van der Waals surface area contributed by atoms with Crippen molar-refractivity contribution in [3.05, 3.63) is 174 Å². The van der Waals surface area contributed by atoms with Crippen LogP contribution < -0.4 is 9.64 Å².